The third-order valence-corrected chi connectivity index (χ3v) is 3.63. The second kappa shape index (κ2) is 8.05. The zero-order valence-electron chi connectivity index (χ0n) is 12.2. The molecule has 1 saturated heterocycles. The molecule has 1 amide bonds. The Bertz CT molecular complexity index is 482. The first kappa shape index (κ1) is 16.6. The number of carbonyl (C=O) groups excluding carboxylic acids is 1. The minimum atomic E-state index is -2.84. The molecular weight excluding hydrogens is 294 g/mol. The van der Waals surface area contributed by atoms with E-state index in [1.54, 1.807) is 12.1 Å². The van der Waals surface area contributed by atoms with Gasteiger partial charge in [-0.3, -0.25) is 9.69 Å². The summed E-state index contributed by atoms with van der Waals surface area (Å²) in [5, 5.41) is 11.8. The lowest BCUT2D eigenvalue weighted by atomic mass is 10.1. The summed E-state index contributed by atoms with van der Waals surface area (Å²) in [6.45, 7) is -0.477. The highest BCUT2D eigenvalue weighted by atomic mass is 19.3. The molecule has 0 saturated carbocycles. The predicted octanol–water partition coefficient (Wildman–Crippen LogP) is 1.22. The molecule has 1 aliphatic heterocycles. The molecule has 1 aliphatic rings. The molecule has 0 aromatic heterocycles. The van der Waals surface area contributed by atoms with Crippen LogP contribution in [-0.2, 0) is 11.3 Å². The molecule has 1 aromatic carbocycles. The van der Waals surface area contributed by atoms with Crippen LogP contribution in [-0.4, -0.2) is 48.8 Å². The number of likely N-dealkylation sites (tertiary alicyclic amines) is 1. The highest BCUT2D eigenvalue weighted by Gasteiger charge is 2.23. The number of amides is 1. The van der Waals surface area contributed by atoms with Crippen LogP contribution in [0.25, 0.3) is 0 Å². The van der Waals surface area contributed by atoms with Gasteiger partial charge in [-0.2, -0.15) is 8.78 Å². The van der Waals surface area contributed by atoms with Crippen LogP contribution in [0.4, 0.5) is 8.78 Å². The quantitative estimate of drug-likeness (QED) is 0.794. The summed E-state index contributed by atoms with van der Waals surface area (Å²) in [6.07, 6.45) is 0.912. The maximum atomic E-state index is 12.0. The van der Waals surface area contributed by atoms with Gasteiger partial charge in [0.1, 0.15) is 5.75 Å². The van der Waals surface area contributed by atoms with Gasteiger partial charge in [0, 0.05) is 19.7 Å². The first-order valence-corrected chi connectivity index (χ1v) is 7.20. The molecule has 22 heavy (non-hydrogen) atoms. The maximum absolute atomic E-state index is 12.0. The van der Waals surface area contributed by atoms with Crippen LogP contribution >= 0.6 is 0 Å². The van der Waals surface area contributed by atoms with E-state index < -0.39 is 6.61 Å². The number of aliphatic hydroxyl groups excluding tert-OH is 1. The number of ether oxygens (including phenoxy) is 1. The van der Waals surface area contributed by atoms with Crippen molar-refractivity contribution in [3.05, 3.63) is 29.8 Å². The first-order valence-electron chi connectivity index (χ1n) is 7.20. The zero-order chi connectivity index (χ0) is 15.9. The fourth-order valence-electron chi connectivity index (χ4n) is 2.45. The first-order chi connectivity index (χ1) is 10.6. The van der Waals surface area contributed by atoms with Crippen molar-refractivity contribution in [1.82, 2.24) is 10.2 Å². The average Bonchev–Trinajstić information content (AvgIpc) is 2.93. The summed E-state index contributed by atoms with van der Waals surface area (Å²) in [6, 6.07) is 6.16. The number of hydrogen-bond donors (Lipinski definition) is 2. The van der Waals surface area contributed by atoms with Crippen molar-refractivity contribution in [3.8, 4) is 5.75 Å². The van der Waals surface area contributed by atoms with Crippen molar-refractivity contribution in [3.63, 3.8) is 0 Å². The summed E-state index contributed by atoms with van der Waals surface area (Å²) >= 11 is 0. The van der Waals surface area contributed by atoms with Gasteiger partial charge >= 0.3 is 6.61 Å². The Morgan fingerprint density at radius 1 is 1.41 bits per heavy atom. The summed E-state index contributed by atoms with van der Waals surface area (Å²) < 4.78 is 28.3. The third-order valence-electron chi connectivity index (χ3n) is 3.63. The summed E-state index contributed by atoms with van der Waals surface area (Å²) in [4.78, 5) is 13.9. The SMILES string of the molecule is O=C(CN1CCC(CO)C1)NCc1ccc(OC(F)F)cc1. The van der Waals surface area contributed by atoms with Crippen LogP contribution in [0.2, 0.25) is 0 Å². The van der Waals surface area contributed by atoms with Crippen LogP contribution in [0.5, 0.6) is 5.75 Å². The second-order valence-corrected chi connectivity index (χ2v) is 5.37. The third kappa shape index (κ3) is 5.23. The van der Waals surface area contributed by atoms with Crippen LogP contribution in [0.3, 0.4) is 0 Å². The molecule has 2 rings (SSSR count). The molecule has 1 fully saturated rings. The van der Waals surface area contributed by atoms with Crippen LogP contribution in [0.1, 0.15) is 12.0 Å². The van der Waals surface area contributed by atoms with E-state index in [9.17, 15) is 13.6 Å². The summed E-state index contributed by atoms with van der Waals surface area (Å²) in [5.74, 6) is 0.263. The second-order valence-electron chi connectivity index (χ2n) is 5.37. The Labute approximate surface area is 127 Å². The monoisotopic (exact) mass is 314 g/mol. The van der Waals surface area contributed by atoms with Crippen molar-refractivity contribution in [2.75, 3.05) is 26.2 Å². The average molecular weight is 314 g/mol. The normalized spacial score (nSPS) is 18.6. The van der Waals surface area contributed by atoms with Crippen LogP contribution in [0.15, 0.2) is 24.3 Å². The lowest BCUT2D eigenvalue weighted by Crippen LogP contribution is -2.35. The van der Waals surface area contributed by atoms with Crippen molar-refractivity contribution >= 4 is 5.91 Å². The van der Waals surface area contributed by atoms with Gasteiger partial charge in [-0.1, -0.05) is 12.1 Å². The van der Waals surface area contributed by atoms with Gasteiger partial charge in [-0.05, 0) is 36.6 Å². The standard InChI is InChI=1S/C15H20F2N2O3/c16-15(17)22-13-3-1-11(2-4-13)7-18-14(21)9-19-6-5-12(8-19)10-20/h1-4,12,15,20H,5-10H2,(H,18,21). The Morgan fingerprint density at radius 2 is 2.14 bits per heavy atom. The van der Waals surface area contributed by atoms with Crippen molar-refractivity contribution in [2.45, 2.75) is 19.6 Å². The largest absolute Gasteiger partial charge is 0.435 e. The number of nitrogens with zero attached hydrogens (tertiary/aromatic N) is 1. The number of benzene rings is 1. The van der Waals surface area contributed by atoms with Gasteiger partial charge in [0.25, 0.3) is 0 Å². The van der Waals surface area contributed by atoms with Gasteiger partial charge in [-0.15, -0.1) is 0 Å². The van der Waals surface area contributed by atoms with E-state index in [1.807, 2.05) is 4.90 Å². The lowest BCUT2D eigenvalue weighted by molar-refractivity contribution is -0.122. The molecule has 0 radical (unpaired) electrons. The van der Waals surface area contributed by atoms with Gasteiger partial charge in [0.05, 0.1) is 6.54 Å². The molecule has 1 atom stereocenters. The van der Waals surface area contributed by atoms with E-state index in [4.69, 9.17) is 5.11 Å². The minimum absolute atomic E-state index is 0.0912. The number of alkyl halides is 2. The molecular formula is C15H20F2N2O3. The van der Waals surface area contributed by atoms with Crippen LogP contribution in [0, 0.1) is 5.92 Å². The topological polar surface area (TPSA) is 61.8 Å². The number of hydrogen-bond acceptors (Lipinski definition) is 4. The number of halogens is 2. The van der Waals surface area contributed by atoms with Crippen molar-refractivity contribution in [1.29, 1.82) is 0 Å². The number of rotatable bonds is 7. The highest BCUT2D eigenvalue weighted by molar-refractivity contribution is 5.78. The summed E-state index contributed by atoms with van der Waals surface area (Å²) in [5.41, 5.74) is 0.810. The van der Waals surface area contributed by atoms with E-state index in [0.717, 1.165) is 25.1 Å². The van der Waals surface area contributed by atoms with E-state index in [0.29, 0.717) is 13.1 Å². The highest BCUT2D eigenvalue weighted by Crippen LogP contribution is 2.16. The Kier molecular flexibility index (Phi) is 6.09. The zero-order valence-corrected chi connectivity index (χ0v) is 12.2. The Balaban J connectivity index is 1.72. The van der Waals surface area contributed by atoms with Crippen LogP contribution < -0.4 is 10.1 Å². The fourth-order valence-corrected chi connectivity index (χ4v) is 2.45. The summed E-state index contributed by atoms with van der Waals surface area (Å²) in [7, 11) is 0. The molecule has 7 heteroatoms. The van der Waals surface area contributed by atoms with Gasteiger partial charge in [-0.25, -0.2) is 0 Å². The molecule has 0 bridgehead atoms. The van der Waals surface area contributed by atoms with Gasteiger partial charge < -0.3 is 15.2 Å². The van der Waals surface area contributed by atoms with E-state index in [2.05, 4.69) is 10.1 Å². The van der Waals surface area contributed by atoms with Gasteiger partial charge in [0.2, 0.25) is 5.91 Å². The predicted molar refractivity (Wildman–Crippen MR) is 76.6 cm³/mol. The Morgan fingerprint density at radius 3 is 2.73 bits per heavy atom. The number of nitrogens with one attached hydrogen (secondary N) is 1. The molecule has 1 aromatic rings. The van der Waals surface area contributed by atoms with Gasteiger partial charge in [0.15, 0.2) is 0 Å². The molecule has 5 nitrogen and oxygen atoms in total. The Hall–Kier alpha value is -1.73. The smallest absolute Gasteiger partial charge is 0.387 e. The molecule has 122 valence electrons. The maximum Gasteiger partial charge on any atom is 0.387 e. The fraction of sp³-hybridized carbons (Fsp3) is 0.533. The lowest BCUT2D eigenvalue weighted by Gasteiger charge is -2.15. The van der Waals surface area contributed by atoms with Crippen molar-refractivity contribution in [2.24, 2.45) is 5.92 Å². The number of aliphatic hydroxyl groups is 1. The van der Waals surface area contributed by atoms with Crippen molar-refractivity contribution < 1.29 is 23.4 Å². The van der Waals surface area contributed by atoms with E-state index >= 15 is 0 Å². The molecule has 0 aliphatic carbocycles. The minimum Gasteiger partial charge on any atom is -0.435 e. The molecule has 1 heterocycles. The number of carbonyl (C=O) groups is 1. The molecule has 0 spiro atoms. The van der Waals surface area contributed by atoms with E-state index in [1.165, 1.54) is 12.1 Å². The molecule has 2 N–H and O–H groups in total. The molecule has 1 unspecified atom stereocenters. The van der Waals surface area contributed by atoms with E-state index in [-0.39, 0.29) is 24.2 Å².